The zero-order valence-electron chi connectivity index (χ0n) is 20.7. The van der Waals surface area contributed by atoms with Gasteiger partial charge >= 0.3 is 6.09 Å². The highest BCUT2D eigenvalue weighted by Crippen LogP contribution is 2.52. The van der Waals surface area contributed by atoms with Gasteiger partial charge in [0.2, 0.25) is 5.91 Å². The third-order valence-electron chi connectivity index (χ3n) is 7.11. The SMILES string of the molecule is CC[C@H](NC(=O)OC(C)(C)C)C(=O)N1CC[C@H]2O[C@H]3c4ccccc4OC(C)(C)[C@@H]3C[C@H]2C1. The largest absolute Gasteiger partial charge is 0.487 e. The van der Waals surface area contributed by atoms with Crippen LogP contribution in [0, 0.1) is 11.8 Å². The van der Waals surface area contributed by atoms with Crippen molar-refractivity contribution in [1.29, 1.82) is 0 Å². The van der Waals surface area contributed by atoms with E-state index in [1.807, 2.05) is 50.8 Å². The number of nitrogens with zero attached hydrogens (tertiary/aromatic N) is 1. The summed E-state index contributed by atoms with van der Waals surface area (Å²) in [6.07, 6.45) is 1.84. The van der Waals surface area contributed by atoms with E-state index in [0.717, 1.165) is 24.2 Å². The number of fused-ring (bicyclic) bond motifs is 4. The van der Waals surface area contributed by atoms with Crippen LogP contribution in [0.4, 0.5) is 4.79 Å². The molecule has 0 unspecified atom stereocenters. The molecule has 33 heavy (non-hydrogen) atoms. The Morgan fingerprint density at radius 1 is 1.27 bits per heavy atom. The molecule has 1 N–H and O–H groups in total. The van der Waals surface area contributed by atoms with Crippen LogP contribution >= 0.6 is 0 Å². The molecule has 3 aliphatic rings. The fourth-order valence-corrected chi connectivity index (χ4v) is 5.46. The van der Waals surface area contributed by atoms with Crippen molar-refractivity contribution in [1.82, 2.24) is 10.2 Å². The van der Waals surface area contributed by atoms with E-state index in [2.05, 4.69) is 25.2 Å². The van der Waals surface area contributed by atoms with Crippen molar-refractivity contribution in [2.45, 2.75) is 90.3 Å². The lowest BCUT2D eigenvalue weighted by Crippen LogP contribution is -2.58. The van der Waals surface area contributed by atoms with Gasteiger partial charge in [0.05, 0.1) is 12.2 Å². The summed E-state index contributed by atoms with van der Waals surface area (Å²) in [4.78, 5) is 27.4. The molecule has 4 rings (SSSR count). The molecule has 7 heteroatoms. The van der Waals surface area contributed by atoms with E-state index >= 15 is 0 Å². The fraction of sp³-hybridized carbons (Fsp3) is 0.692. The molecule has 2 amide bonds. The van der Waals surface area contributed by atoms with E-state index in [0.29, 0.717) is 19.5 Å². The smallest absolute Gasteiger partial charge is 0.408 e. The molecule has 0 spiro atoms. The number of rotatable bonds is 3. The summed E-state index contributed by atoms with van der Waals surface area (Å²) in [5.41, 5.74) is 0.180. The van der Waals surface area contributed by atoms with Crippen molar-refractivity contribution in [3.8, 4) is 5.75 Å². The van der Waals surface area contributed by atoms with Crippen molar-refractivity contribution in [3.63, 3.8) is 0 Å². The summed E-state index contributed by atoms with van der Waals surface area (Å²) in [6, 6.07) is 7.58. The highest BCUT2D eigenvalue weighted by Gasteiger charge is 2.51. The number of hydrogen-bond acceptors (Lipinski definition) is 5. The Hall–Kier alpha value is -2.28. The monoisotopic (exact) mass is 458 g/mol. The topological polar surface area (TPSA) is 77.1 Å². The van der Waals surface area contributed by atoms with E-state index in [9.17, 15) is 9.59 Å². The Morgan fingerprint density at radius 3 is 2.70 bits per heavy atom. The van der Waals surface area contributed by atoms with Crippen LogP contribution in [-0.4, -0.2) is 53.3 Å². The predicted molar refractivity (Wildman–Crippen MR) is 125 cm³/mol. The summed E-state index contributed by atoms with van der Waals surface area (Å²) in [6.45, 7) is 12.9. The number of carbonyl (C=O) groups is 2. The third-order valence-corrected chi connectivity index (χ3v) is 7.11. The second-order valence-corrected chi connectivity index (χ2v) is 11.1. The van der Waals surface area contributed by atoms with Gasteiger partial charge in [0.1, 0.15) is 23.0 Å². The van der Waals surface area contributed by atoms with Gasteiger partial charge in [-0.3, -0.25) is 4.79 Å². The maximum atomic E-state index is 13.3. The highest BCUT2D eigenvalue weighted by atomic mass is 16.6. The Bertz CT molecular complexity index is 893. The van der Waals surface area contributed by atoms with Crippen molar-refractivity contribution in [2.24, 2.45) is 11.8 Å². The molecule has 0 bridgehead atoms. The number of amides is 2. The first-order valence-corrected chi connectivity index (χ1v) is 12.2. The lowest BCUT2D eigenvalue weighted by atomic mass is 9.70. The number of hydrogen-bond donors (Lipinski definition) is 1. The maximum absolute atomic E-state index is 13.3. The van der Waals surface area contributed by atoms with Crippen LogP contribution in [0.15, 0.2) is 24.3 Å². The molecule has 0 aromatic heterocycles. The molecule has 0 aliphatic carbocycles. The molecular formula is C26H38N2O5. The molecular weight excluding hydrogens is 420 g/mol. The van der Waals surface area contributed by atoms with Crippen LogP contribution in [0.1, 0.15) is 72.5 Å². The Kier molecular flexibility index (Phi) is 6.38. The van der Waals surface area contributed by atoms with Crippen molar-refractivity contribution in [2.75, 3.05) is 13.1 Å². The van der Waals surface area contributed by atoms with Crippen molar-refractivity contribution in [3.05, 3.63) is 29.8 Å². The van der Waals surface area contributed by atoms with Crippen LogP contribution in [0.3, 0.4) is 0 Å². The van der Waals surface area contributed by atoms with Gasteiger partial charge in [0, 0.05) is 30.5 Å². The minimum atomic E-state index is -0.604. The fourth-order valence-electron chi connectivity index (χ4n) is 5.46. The minimum Gasteiger partial charge on any atom is -0.487 e. The van der Waals surface area contributed by atoms with Crippen LogP contribution in [0.2, 0.25) is 0 Å². The van der Waals surface area contributed by atoms with Crippen LogP contribution < -0.4 is 10.1 Å². The van der Waals surface area contributed by atoms with Crippen molar-refractivity contribution < 1.29 is 23.8 Å². The van der Waals surface area contributed by atoms with Gasteiger partial charge in [-0.05, 0) is 59.9 Å². The number of nitrogens with one attached hydrogen (secondary N) is 1. The molecule has 0 saturated carbocycles. The number of likely N-dealkylation sites (tertiary alicyclic amines) is 1. The van der Waals surface area contributed by atoms with Gasteiger partial charge in [0.25, 0.3) is 0 Å². The van der Waals surface area contributed by atoms with E-state index in [4.69, 9.17) is 14.2 Å². The lowest BCUT2D eigenvalue weighted by Gasteiger charge is -2.53. The standard InChI is InChI=1S/C26H38N2O5/c1-7-19(27-24(30)33-25(2,3)4)23(29)28-13-12-20-16(15-28)14-18-22(31-20)17-10-8-9-11-21(17)32-26(18,5)6/h8-11,16,18-20,22H,7,12-15H2,1-6H3,(H,27,30)/t16-,18+,19-,20+,22-/m0/s1. The zero-order valence-corrected chi connectivity index (χ0v) is 20.7. The molecule has 3 heterocycles. The van der Waals surface area contributed by atoms with Gasteiger partial charge in [-0.15, -0.1) is 0 Å². The van der Waals surface area contributed by atoms with Crippen molar-refractivity contribution >= 4 is 12.0 Å². The predicted octanol–water partition coefficient (Wildman–Crippen LogP) is 4.46. The molecule has 7 nitrogen and oxygen atoms in total. The molecule has 2 fully saturated rings. The highest BCUT2D eigenvalue weighted by molar-refractivity contribution is 5.85. The third kappa shape index (κ3) is 4.98. The quantitative estimate of drug-likeness (QED) is 0.724. The number of carbonyl (C=O) groups excluding carboxylic acids is 2. The van der Waals surface area contributed by atoms with Gasteiger partial charge in [-0.2, -0.15) is 0 Å². The van der Waals surface area contributed by atoms with E-state index < -0.39 is 17.7 Å². The average molecular weight is 459 g/mol. The molecule has 2 saturated heterocycles. The second-order valence-electron chi connectivity index (χ2n) is 11.1. The van der Waals surface area contributed by atoms with Gasteiger partial charge in [0.15, 0.2) is 0 Å². The van der Waals surface area contributed by atoms with Gasteiger partial charge < -0.3 is 24.4 Å². The normalized spacial score (nSPS) is 29.0. The van der Waals surface area contributed by atoms with Crippen LogP contribution in [-0.2, 0) is 14.3 Å². The number of piperidine rings is 1. The van der Waals surface area contributed by atoms with Gasteiger partial charge in [-0.1, -0.05) is 25.1 Å². The number of ether oxygens (including phenoxy) is 3. The van der Waals surface area contributed by atoms with E-state index in [1.165, 1.54) is 0 Å². The Morgan fingerprint density at radius 2 is 2.00 bits per heavy atom. The average Bonchev–Trinajstić information content (AvgIpc) is 2.74. The molecule has 5 atom stereocenters. The van der Waals surface area contributed by atoms with E-state index in [-0.39, 0.29) is 35.6 Å². The van der Waals surface area contributed by atoms with E-state index in [1.54, 1.807) is 0 Å². The van der Waals surface area contributed by atoms with Gasteiger partial charge in [-0.25, -0.2) is 4.79 Å². The number of benzene rings is 1. The first kappa shape index (κ1) is 23.9. The molecule has 1 aromatic rings. The maximum Gasteiger partial charge on any atom is 0.408 e. The molecule has 182 valence electrons. The number of alkyl carbamates (subject to hydrolysis) is 1. The summed E-state index contributed by atoms with van der Waals surface area (Å²) in [5, 5.41) is 2.76. The van der Waals surface area contributed by atoms with Crippen LogP contribution in [0.5, 0.6) is 5.75 Å². The summed E-state index contributed by atoms with van der Waals surface area (Å²) in [5.74, 6) is 1.32. The molecule has 1 aromatic carbocycles. The Labute approximate surface area is 197 Å². The summed E-state index contributed by atoms with van der Waals surface area (Å²) < 4.78 is 18.4. The summed E-state index contributed by atoms with van der Waals surface area (Å²) >= 11 is 0. The second kappa shape index (κ2) is 8.82. The first-order valence-electron chi connectivity index (χ1n) is 12.2. The first-order chi connectivity index (χ1) is 15.5. The summed E-state index contributed by atoms with van der Waals surface area (Å²) in [7, 11) is 0. The Balaban J connectivity index is 1.44. The zero-order chi connectivity index (χ0) is 24.0. The number of para-hydroxylation sites is 1. The molecule has 3 aliphatic heterocycles. The lowest BCUT2D eigenvalue weighted by molar-refractivity contribution is -0.189. The van der Waals surface area contributed by atoms with Crippen LogP contribution in [0.25, 0.3) is 0 Å². The molecule has 0 radical (unpaired) electrons. The minimum absolute atomic E-state index is 0.0191.